The van der Waals surface area contributed by atoms with E-state index in [-0.39, 0.29) is 11.7 Å². The van der Waals surface area contributed by atoms with Gasteiger partial charge in [0, 0.05) is 11.3 Å². The van der Waals surface area contributed by atoms with Crippen LogP contribution in [-0.2, 0) is 0 Å². The normalized spacial score (nSPS) is 16.1. The minimum Gasteiger partial charge on any atom is -0.278 e. The van der Waals surface area contributed by atoms with E-state index in [0.29, 0.717) is 11.0 Å². The number of hydrogen-bond acceptors (Lipinski definition) is 5. The van der Waals surface area contributed by atoms with E-state index in [1.807, 2.05) is 80.6 Å². The van der Waals surface area contributed by atoms with Gasteiger partial charge in [-0.25, -0.2) is 14.7 Å². The second-order valence-electron chi connectivity index (χ2n) is 9.30. The third-order valence-electron chi connectivity index (χ3n) is 5.97. The summed E-state index contributed by atoms with van der Waals surface area (Å²) < 4.78 is 1.74. The number of para-hydroxylation sites is 1. The number of carbonyl (C=O) groups is 1. The van der Waals surface area contributed by atoms with Gasteiger partial charge in [0.15, 0.2) is 11.0 Å². The Kier molecular flexibility index (Phi) is 6.03. The molecule has 7 heteroatoms. The zero-order chi connectivity index (χ0) is 24.6. The fourth-order valence-corrected chi connectivity index (χ4v) is 5.28. The smallest absolute Gasteiger partial charge is 0.278 e. The van der Waals surface area contributed by atoms with Gasteiger partial charge < -0.3 is 0 Å². The largest absolute Gasteiger partial charge is 0.300 e. The molecule has 1 aromatic heterocycles. The van der Waals surface area contributed by atoms with Gasteiger partial charge >= 0.3 is 0 Å². The fourth-order valence-electron chi connectivity index (χ4n) is 4.04. The third kappa shape index (κ3) is 4.51. The SMILES string of the molecule is Cc1ccc(C)c(N=C2SCC(C)(C)N2C(=O)c2nc(-c3ccccc3)n(-c3ccccc3)n2)c1. The molecule has 1 saturated heterocycles. The number of benzene rings is 3. The topological polar surface area (TPSA) is 63.4 Å². The molecule has 0 aliphatic carbocycles. The fraction of sp³-hybridized carbons (Fsp3) is 0.214. The highest BCUT2D eigenvalue weighted by atomic mass is 32.2. The number of amidine groups is 1. The van der Waals surface area contributed by atoms with Crippen molar-refractivity contribution in [2.75, 3.05) is 5.75 Å². The summed E-state index contributed by atoms with van der Waals surface area (Å²) in [6, 6.07) is 25.7. The van der Waals surface area contributed by atoms with Crippen LogP contribution >= 0.6 is 11.8 Å². The molecule has 0 saturated carbocycles. The van der Waals surface area contributed by atoms with Crippen LogP contribution in [0.25, 0.3) is 17.1 Å². The van der Waals surface area contributed by atoms with E-state index in [2.05, 4.69) is 26.0 Å². The average molecular weight is 482 g/mol. The molecule has 1 fully saturated rings. The zero-order valence-electron chi connectivity index (χ0n) is 20.3. The van der Waals surface area contributed by atoms with Gasteiger partial charge in [-0.05, 0) is 57.0 Å². The first-order valence-corrected chi connectivity index (χ1v) is 12.5. The molecule has 3 aromatic carbocycles. The molecular weight excluding hydrogens is 454 g/mol. The van der Waals surface area contributed by atoms with E-state index in [9.17, 15) is 4.79 Å². The molecule has 4 aromatic rings. The highest BCUT2D eigenvalue weighted by molar-refractivity contribution is 8.14. The van der Waals surface area contributed by atoms with E-state index in [0.717, 1.165) is 33.8 Å². The van der Waals surface area contributed by atoms with Crippen LogP contribution in [0.3, 0.4) is 0 Å². The van der Waals surface area contributed by atoms with Crippen molar-refractivity contribution in [3.05, 3.63) is 95.8 Å². The van der Waals surface area contributed by atoms with E-state index in [4.69, 9.17) is 15.1 Å². The van der Waals surface area contributed by atoms with Crippen LogP contribution in [0, 0.1) is 13.8 Å². The lowest BCUT2D eigenvalue weighted by molar-refractivity contribution is 0.0755. The summed E-state index contributed by atoms with van der Waals surface area (Å²) in [5.74, 6) is 1.26. The van der Waals surface area contributed by atoms with Crippen LogP contribution in [-0.4, -0.2) is 42.0 Å². The Bertz CT molecular complexity index is 1350. The van der Waals surface area contributed by atoms with Gasteiger partial charge in [0.25, 0.3) is 5.91 Å². The van der Waals surface area contributed by atoms with Gasteiger partial charge in [-0.1, -0.05) is 72.4 Å². The van der Waals surface area contributed by atoms with Crippen molar-refractivity contribution in [2.45, 2.75) is 33.2 Å². The average Bonchev–Trinajstić information content (AvgIpc) is 3.43. The molecule has 176 valence electrons. The van der Waals surface area contributed by atoms with Crippen molar-refractivity contribution < 1.29 is 4.79 Å². The van der Waals surface area contributed by atoms with E-state index in [1.54, 1.807) is 21.3 Å². The summed E-state index contributed by atoms with van der Waals surface area (Å²) in [7, 11) is 0. The van der Waals surface area contributed by atoms with Gasteiger partial charge in [-0.2, -0.15) is 0 Å². The first kappa shape index (κ1) is 23.1. The lowest BCUT2D eigenvalue weighted by Gasteiger charge is -2.29. The van der Waals surface area contributed by atoms with Crippen LogP contribution in [0.5, 0.6) is 0 Å². The maximum atomic E-state index is 13.9. The Balaban J connectivity index is 1.60. The Labute approximate surface area is 209 Å². The van der Waals surface area contributed by atoms with Crippen LogP contribution in [0.15, 0.2) is 83.9 Å². The Hall–Kier alpha value is -3.71. The molecule has 5 rings (SSSR count). The van der Waals surface area contributed by atoms with Crippen molar-refractivity contribution in [2.24, 2.45) is 4.99 Å². The molecule has 0 unspecified atom stereocenters. The quantitative estimate of drug-likeness (QED) is 0.348. The van der Waals surface area contributed by atoms with Gasteiger partial charge in [0.05, 0.1) is 16.9 Å². The minimum atomic E-state index is -0.427. The molecule has 0 radical (unpaired) electrons. The van der Waals surface area contributed by atoms with Crippen molar-refractivity contribution in [3.63, 3.8) is 0 Å². The lowest BCUT2D eigenvalue weighted by Crippen LogP contribution is -2.46. The molecule has 0 bridgehead atoms. The van der Waals surface area contributed by atoms with Crippen molar-refractivity contribution in [1.82, 2.24) is 19.7 Å². The van der Waals surface area contributed by atoms with E-state index in [1.165, 1.54) is 0 Å². The molecule has 0 N–H and O–H groups in total. The van der Waals surface area contributed by atoms with Crippen LogP contribution in [0.1, 0.15) is 35.6 Å². The monoisotopic (exact) mass is 481 g/mol. The molecule has 0 atom stereocenters. The maximum absolute atomic E-state index is 13.9. The standard InChI is InChI=1S/C28H27N5OS/c1-19-15-16-20(2)23(17-19)29-27-32(28(3,4)18-35-27)26(34)24-30-25(21-11-7-5-8-12-21)33(31-24)22-13-9-6-10-14-22/h5-17H,18H2,1-4H3. The van der Waals surface area contributed by atoms with Gasteiger partial charge in [0.2, 0.25) is 5.82 Å². The first-order valence-electron chi connectivity index (χ1n) is 11.5. The number of nitrogens with zero attached hydrogens (tertiary/aromatic N) is 5. The number of thioether (sulfide) groups is 1. The summed E-state index contributed by atoms with van der Waals surface area (Å²) in [5, 5.41) is 5.36. The van der Waals surface area contributed by atoms with Gasteiger partial charge in [-0.3, -0.25) is 9.69 Å². The van der Waals surface area contributed by atoms with Gasteiger partial charge in [-0.15, -0.1) is 5.10 Å². The van der Waals surface area contributed by atoms with Crippen LogP contribution in [0.4, 0.5) is 5.69 Å². The highest BCUT2D eigenvalue weighted by Crippen LogP contribution is 2.36. The molecule has 1 amide bonds. The number of aryl methyl sites for hydroxylation is 2. The Morgan fingerprint density at radius 2 is 1.66 bits per heavy atom. The molecule has 1 aliphatic heterocycles. The highest BCUT2D eigenvalue weighted by Gasteiger charge is 2.43. The van der Waals surface area contributed by atoms with Crippen molar-refractivity contribution in [1.29, 1.82) is 0 Å². The van der Waals surface area contributed by atoms with Crippen molar-refractivity contribution >= 4 is 28.5 Å². The molecule has 1 aliphatic rings. The number of amides is 1. The summed E-state index contributed by atoms with van der Waals surface area (Å²) in [4.78, 5) is 25.3. The summed E-state index contributed by atoms with van der Waals surface area (Å²) in [6.07, 6.45) is 0. The zero-order valence-corrected chi connectivity index (χ0v) is 21.1. The minimum absolute atomic E-state index is 0.150. The van der Waals surface area contributed by atoms with Crippen LogP contribution < -0.4 is 0 Å². The second-order valence-corrected chi connectivity index (χ2v) is 10.2. The Morgan fingerprint density at radius 1 is 0.971 bits per heavy atom. The first-order chi connectivity index (χ1) is 16.8. The molecule has 6 nitrogen and oxygen atoms in total. The Morgan fingerprint density at radius 3 is 2.37 bits per heavy atom. The van der Waals surface area contributed by atoms with Crippen molar-refractivity contribution in [3.8, 4) is 17.1 Å². The summed E-state index contributed by atoms with van der Waals surface area (Å²) >= 11 is 1.59. The molecule has 35 heavy (non-hydrogen) atoms. The number of aromatic nitrogens is 3. The maximum Gasteiger partial charge on any atom is 0.300 e. The number of hydrogen-bond donors (Lipinski definition) is 0. The van der Waals surface area contributed by atoms with E-state index < -0.39 is 5.54 Å². The van der Waals surface area contributed by atoms with E-state index >= 15 is 0 Å². The molecular formula is C28H27N5OS. The predicted molar refractivity (Wildman–Crippen MR) is 143 cm³/mol. The third-order valence-corrected chi connectivity index (χ3v) is 7.35. The summed E-state index contributed by atoms with van der Waals surface area (Å²) in [5.41, 5.74) is 4.38. The van der Waals surface area contributed by atoms with Crippen LogP contribution in [0.2, 0.25) is 0 Å². The second kappa shape index (κ2) is 9.15. The predicted octanol–water partition coefficient (Wildman–Crippen LogP) is 6.21. The lowest BCUT2D eigenvalue weighted by atomic mass is 10.1. The molecule has 0 spiro atoms. The molecule has 2 heterocycles. The number of aliphatic imine (C=N–C) groups is 1. The van der Waals surface area contributed by atoms with Gasteiger partial charge in [0.1, 0.15) is 0 Å². The summed E-state index contributed by atoms with van der Waals surface area (Å²) in [6.45, 7) is 8.18. The number of carbonyl (C=O) groups excluding carboxylic acids is 1. The number of rotatable bonds is 4.